The smallest absolute Gasteiger partial charge is 0.273 e. The summed E-state index contributed by atoms with van der Waals surface area (Å²) in [5.74, 6) is -1.27. The highest BCUT2D eigenvalue weighted by Crippen LogP contribution is 2.17. The van der Waals surface area contributed by atoms with Gasteiger partial charge in [-0.1, -0.05) is 36.4 Å². The molecule has 0 aliphatic carbocycles. The molecule has 158 valence electrons. The number of carbonyl (C=O) groups is 1. The molecule has 8 heteroatoms. The second-order valence-electron chi connectivity index (χ2n) is 6.74. The van der Waals surface area contributed by atoms with E-state index < -0.39 is 11.6 Å². The summed E-state index contributed by atoms with van der Waals surface area (Å²) in [6, 6.07) is 13.2. The predicted molar refractivity (Wildman–Crippen MR) is 106 cm³/mol. The highest BCUT2D eigenvalue weighted by molar-refractivity contribution is 5.91. The Labute approximate surface area is 173 Å². The third kappa shape index (κ3) is 6.20. The number of carbonyl (C=O) groups excluding carboxylic acids is 1. The SMILES string of the molecule is COCCNC(=O)c1coc(CN(Cc2ccccc2)Cc2ccc(F)cc2F)n1. The summed E-state index contributed by atoms with van der Waals surface area (Å²) >= 11 is 0. The largest absolute Gasteiger partial charge is 0.447 e. The molecule has 1 amide bonds. The van der Waals surface area contributed by atoms with Crippen LogP contribution in [0.15, 0.2) is 59.2 Å². The quantitative estimate of drug-likeness (QED) is 0.513. The summed E-state index contributed by atoms with van der Waals surface area (Å²) in [6.07, 6.45) is 1.29. The molecule has 0 fully saturated rings. The Morgan fingerprint density at radius 3 is 2.67 bits per heavy atom. The summed E-state index contributed by atoms with van der Waals surface area (Å²) in [6.45, 7) is 1.72. The predicted octanol–water partition coefficient (Wildman–Crippen LogP) is 3.53. The van der Waals surface area contributed by atoms with Crippen molar-refractivity contribution in [2.75, 3.05) is 20.3 Å². The highest BCUT2D eigenvalue weighted by Gasteiger charge is 2.17. The van der Waals surface area contributed by atoms with Gasteiger partial charge in [0.15, 0.2) is 5.69 Å². The van der Waals surface area contributed by atoms with E-state index in [4.69, 9.17) is 9.15 Å². The molecule has 3 aromatic rings. The van der Waals surface area contributed by atoms with Crippen molar-refractivity contribution in [3.8, 4) is 0 Å². The zero-order chi connectivity index (χ0) is 21.3. The lowest BCUT2D eigenvalue weighted by Crippen LogP contribution is -2.27. The van der Waals surface area contributed by atoms with Gasteiger partial charge in [-0.25, -0.2) is 13.8 Å². The Morgan fingerprint density at radius 2 is 1.93 bits per heavy atom. The molecule has 0 radical (unpaired) electrons. The number of aromatic nitrogens is 1. The molecule has 1 heterocycles. The van der Waals surface area contributed by atoms with Crippen molar-refractivity contribution >= 4 is 5.91 Å². The zero-order valence-electron chi connectivity index (χ0n) is 16.6. The summed E-state index contributed by atoms with van der Waals surface area (Å²) in [5.41, 5.74) is 1.54. The van der Waals surface area contributed by atoms with E-state index in [1.807, 2.05) is 35.2 Å². The van der Waals surface area contributed by atoms with Crippen molar-refractivity contribution in [1.82, 2.24) is 15.2 Å². The molecule has 0 saturated carbocycles. The van der Waals surface area contributed by atoms with Gasteiger partial charge in [0.1, 0.15) is 17.9 Å². The molecule has 1 N–H and O–H groups in total. The number of ether oxygens (including phenoxy) is 1. The fourth-order valence-electron chi connectivity index (χ4n) is 2.94. The number of nitrogens with one attached hydrogen (secondary N) is 1. The van der Waals surface area contributed by atoms with Crippen molar-refractivity contribution in [3.05, 3.63) is 89.1 Å². The number of benzene rings is 2. The van der Waals surface area contributed by atoms with E-state index >= 15 is 0 Å². The number of methoxy groups -OCH3 is 1. The lowest BCUT2D eigenvalue weighted by molar-refractivity contribution is 0.0932. The molecule has 0 unspecified atom stereocenters. The van der Waals surface area contributed by atoms with Crippen molar-refractivity contribution < 1.29 is 22.7 Å². The second-order valence-corrected chi connectivity index (χ2v) is 6.74. The lowest BCUT2D eigenvalue weighted by atomic mass is 10.1. The highest BCUT2D eigenvalue weighted by atomic mass is 19.1. The Balaban J connectivity index is 1.73. The van der Waals surface area contributed by atoms with Gasteiger partial charge in [0.2, 0.25) is 5.89 Å². The van der Waals surface area contributed by atoms with E-state index in [1.54, 1.807) is 7.11 Å². The number of hydrogen-bond donors (Lipinski definition) is 1. The van der Waals surface area contributed by atoms with E-state index in [0.29, 0.717) is 31.2 Å². The van der Waals surface area contributed by atoms with E-state index in [-0.39, 0.29) is 24.7 Å². The number of halogens is 2. The van der Waals surface area contributed by atoms with Gasteiger partial charge in [-0.3, -0.25) is 9.69 Å². The monoisotopic (exact) mass is 415 g/mol. The normalized spacial score (nSPS) is 11.1. The first-order chi connectivity index (χ1) is 14.5. The zero-order valence-corrected chi connectivity index (χ0v) is 16.6. The minimum absolute atomic E-state index is 0.161. The van der Waals surface area contributed by atoms with Gasteiger partial charge in [0, 0.05) is 38.4 Å². The van der Waals surface area contributed by atoms with Crippen LogP contribution in [-0.2, 0) is 24.4 Å². The summed E-state index contributed by atoms with van der Waals surface area (Å²) in [4.78, 5) is 18.2. The standard InChI is InChI=1S/C22H23F2N3O3/c1-29-10-9-25-22(28)20-15-30-21(26-20)14-27(12-16-5-3-2-4-6-16)13-17-7-8-18(23)11-19(17)24/h2-8,11,15H,9-10,12-14H2,1H3,(H,25,28). The molecule has 1 aromatic heterocycles. The Hall–Kier alpha value is -3.10. The van der Waals surface area contributed by atoms with E-state index in [2.05, 4.69) is 10.3 Å². The summed E-state index contributed by atoms with van der Waals surface area (Å²) in [5, 5.41) is 2.67. The lowest BCUT2D eigenvalue weighted by Gasteiger charge is -2.21. The third-order valence-corrected chi connectivity index (χ3v) is 4.39. The first kappa shape index (κ1) is 21.6. The van der Waals surface area contributed by atoms with Crippen LogP contribution in [0.1, 0.15) is 27.5 Å². The average molecular weight is 415 g/mol. The van der Waals surface area contributed by atoms with Gasteiger partial charge in [-0.05, 0) is 11.6 Å². The number of oxazole rings is 1. The van der Waals surface area contributed by atoms with Crippen LogP contribution >= 0.6 is 0 Å². The molecule has 2 aromatic carbocycles. The first-order valence-electron chi connectivity index (χ1n) is 9.47. The molecular weight excluding hydrogens is 392 g/mol. The maximum Gasteiger partial charge on any atom is 0.273 e. The van der Waals surface area contributed by atoms with Crippen molar-refractivity contribution in [2.24, 2.45) is 0 Å². The van der Waals surface area contributed by atoms with Crippen molar-refractivity contribution in [2.45, 2.75) is 19.6 Å². The van der Waals surface area contributed by atoms with Crippen LogP contribution in [0.5, 0.6) is 0 Å². The molecular formula is C22H23F2N3O3. The van der Waals surface area contributed by atoms with Crippen LogP contribution in [-0.4, -0.2) is 36.1 Å². The second kappa shape index (κ2) is 10.6. The van der Waals surface area contributed by atoms with E-state index in [9.17, 15) is 13.6 Å². The van der Waals surface area contributed by atoms with Gasteiger partial charge < -0.3 is 14.5 Å². The fraction of sp³-hybridized carbons (Fsp3) is 0.273. The molecule has 0 spiro atoms. The van der Waals surface area contributed by atoms with Gasteiger partial charge in [-0.2, -0.15) is 0 Å². The summed E-state index contributed by atoms with van der Waals surface area (Å²) in [7, 11) is 1.55. The minimum Gasteiger partial charge on any atom is -0.447 e. The molecule has 0 bridgehead atoms. The first-order valence-corrected chi connectivity index (χ1v) is 9.47. The topological polar surface area (TPSA) is 67.6 Å². The number of rotatable bonds is 10. The molecule has 0 aliphatic rings. The van der Waals surface area contributed by atoms with Crippen LogP contribution in [0.3, 0.4) is 0 Å². The Bertz CT molecular complexity index is 963. The fourth-order valence-corrected chi connectivity index (χ4v) is 2.94. The number of hydrogen-bond acceptors (Lipinski definition) is 5. The van der Waals surface area contributed by atoms with Crippen LogP contribution in [0, 0.1) is 11.6 Å². The van der Waals surface area contributed by atoms with Crippen LogP contribution in [0.4, 0.5) is 8.78 Å². The van der Waals surface area contributed by atoms with Gasteiger partial charge in [0.05, 0.1) is 13.2 Å². The maximum absolute atomic E-state index is 14.2. The van der Waals surface area contributed by atoms with Gasteiger partial charge in [-0.15, -0.1) is 0 Å². The number of nitrogens with zero attached hydrogens (tertiary/aromatic N) is 2. The molecule has 30 heavy (non-hydrogen) atoms. The van der Waals surface area contributed by atoms with Crippen molar-refractivity contribution in [1.29, 1.82) is 0 Å². The van der Waals surface area contributed by atoms with Crippen LogP contribution in [0.2, 0.25) is 0 Å². The molecule has 0 saturated heterocycles. The minimum atomic E-state index is -0.623. The molecule has 0 atom stereocenters. The van der Waals surface area contributed by atoms with Gasteiger partial charge >= 0.3 is 0 Å². The third-order valence-electron chi connectivity index (χ3n) is 4.39. The van der Waals surface area contributed by atoms with Gasteiger partial charge in [0.25, 0.3) is 5.91 Å². The van der Waals surface area contributed by atoms with Crippen molar-refractivity contribution in [3.63, 3.8) is 0 Å². The molecule has 0 aliphatic heterocycles. The van der Waals surface area contributed by atoms with E-state index in [0.717, 1.165) is 11.6 Å². The molecule has 6 nitrogen and oxygen atoms in total. The molecule has 3 rings (SSSR count). The van der Waals surface area contributed by atoms with Crippen LogP contribution < -0.4 is 5.32 Å². The Kier molecular flexibility index (Phi) is 7.64. The van der Waals surface area contributed by atoms with Crippen LogP contribution in [0.25, 0.3) is 0 Å². The Morgan fingerprint density at radius 1 is 1.13 bits per heavy atom. The maximum atomic E-state index is 14.2. The average Bonchev–Trinajstić information content (AvgIpc) is 3.19. The van der Waals surface area contributed by atoms with E-state index in [1.165, 1.54) is 18.4 Å². The number of amides is 1. The summed E-state index contributed by atoms with van der Waals surface area (Å²) < 4.78 is 37.8.